The van der Waals surface area contributed by atoms with Gasteiger partial charge >= 0.3 is 0 Å². The normalized spacial score (nSPS) is 38.4. The van der Waals surface area contributed by atoms with Crippen molar-refractivity contribution >= 4 is 22.6 Å². The van der Waals surface area contributed by atoms with E-state index in [2.05, 4.69) is 43.4 Å². The van der Waals surface area contributed by atoms with Gasteiger partial charge in [-0.3, -0.25) is 0 Å². The summed E-state index contributed by atoms with van der Waals surface area (Å²) in [7, 11) is 0. The molecule has 0 spiro atoms. The Balaban J connectivity index is 1.73. The zero-order chi connectivity index (χ0) is 15.3. The first-order valence-electron chi connectivity index (χ1n) is 7.57. The van der Waals surface area contributed by atoms with E-state index in [0.29, 0.717) is 22.0 Å². The van der Waals surface area contributed by atoms with Gasteiger partial charge < -0.3 is 9.47 Å². The number of fused-ring (bicyclic) bond motifs is 2. The van der Waals surface area contributed by atoms with Gasteiger partial charge in [-0.25, -0.2) is 4.39 Å². The van der Waals surface area contributed by atoms with Crippen LogP contribution in [0.1, 0.15) is 39.2 Å². The van der Waals surface area contributed by atoms with Crippen LogP contribution in [-0.2, 0) is 16.1 Å². The summed E-state index contributed by atoms with van der Waals surface area (Å²) < 4.78 is 26.7. The summed E-state index contributed by atoms with van der Waals surface area (Å²) >= 11 is 2.52. The quantitative estimate of drug-likeness (QED) is 0.544. The molecule has 0 N–H and O–H groups in total. The number of alkyl halides is 1. The molecule has 21 heavy (non-hydrogen) atoms. The second kappa shape index (κ2) is 5.46. The van der Waals surface area contributed by atoms with Crippen molar-refractivity contribution in [2.24, 2.45) is 5.92 Å². The second-order valence-electron chi connectivity index (χ2n) is 6.79. The highest BCUT2D eigenvalue weighted by atomic mass is 127. The molecule has 0 aliphatic carbocycles. The molecule has 0 radical (unpaired) electrons. The van der Waals surface area contributed by atoms with Crippen molar-refractivity contribution in [2.45, 2.75) is 61.5 Å². The lowest BCUT2D eigenvalue weighted by Crippen LogP contribution is -2.44. The van der Waals surface area contributed by atoms with E-state index < -0.39 is 0 Å². The van der Waals surface area contributed by atoms with E-state index in [1.165, 1.54) is 6.07 Å². The van der Waals surface area contributed by atoms with Gasteiger partial charge in [-0.2, -0.15) is 0 Å². The fourth-order valence-electron chi connectivity index (χ4n) is 3.70. The number of benzene rings is 1. The summed E-state index contributed by atoms with van der Waals surface area (Å²) in [6.45, 7) is 6.89. The van der Waals surface area contributed by atoms with Crippen LogP contribution in [0.15, 0.2) is 24.3 Å². The monoisotopic (exact) mass is 404 g/mol. The van der Waals surface area contributed by atoms with Crippen LogP contribution in [-0.4, -0.2) is 21.2 Å². The molecule has 1 aromatic rings. The van der Waals surface area contributed by atoms with Gasteiger partial charge in [0.1, 0.15) is 5.82 Å². The first-order valence-corrected chi connectivity index (χ1v) is 8.81. The zero-order valence-electron chi connectivity index (χ0n) is 12.7. The number of rotatable bonds is 4. The number of halogens is 2. The maximum Gasteiger partial charge on any atom is 0.128 e. The molecule has 0 saturated carbocycles. The molecular formula is C17H22FIO2. The highest BCUT2D eigenvalue weighted by Gasteiger charge is 2.65. The molecule has 0 unspecified atom stereocenters. The largest absolute Gasteiger partial charge is 0.370 e. The molecule has 0 amide bonds. The van der Waals surface area contributed by atoms with Gasteiger partial charge in [0.2, 0.25) is 0 Å². The van der Waals surface area contributed by atoms with Gasteiger partial charge in [-0.05, 0) is 25.3 Å². The van der Waals surface area contributed by atoms with Crippen molar-refractivity contribution in [2.75, 3.05) is 0 Å². The van der Waals surface area contributed by atoms with Crippen molar-refractivity contribution in [1.29, 1.82) is 0 Å². The third kappa shape index (κ3) is 2.53. The third-order valence-corrected chi connectivity index (χ3v) is 6.59. The molecule has 2 aliphatic rings. The van der Waals surface area contributed by atoms with Crippen molar-refractivity contribution in [3.63, 3.8) is 0 Å². The Morgan fingerprint density at radius 2 is 2.10 bits per heavy atom. The molecule has 4 heteroatoms. The Kier molecular flexibility index (Phi) is 4.08. The van der Waals surface area contributed by atoms with Gasteiger partial charge in [0.05, 0.1) is 23.9 Å². The average molecular weight is 404 g/mol. The van der Waals surface area contributed by atoms with Crippen LogP contribution >= 0.6 is 22.6 Å². The minimum atomic E-state index is -0.235. The summed E-state index contributed by atoms with van der Waals surface area (Å²) in [6, 6.07) is 6.81. The molecule has 2 aliphatic heterocycles. The summed E-state index contributed by atoms with van der Waals surface area (Å²) in [5, 5.41) is 0. The average Bonchev–Trinajstić information content (AvgIpc) is 2.86. The van der Waals surface area contributed by atoms with Crippen LogP contribution in [0.3, 0.4) is 0 Å². The van der Waals surface area contributed by atoms with Gasteiger partial charge in [0.15, 0.2) is 0 Å². The van der Waals surface area contributed by atoms with Crippen molar-refractivity contribution in [1.82, 2.24) is 0 Å². The predicted octanol–water partition coefficient (Wildman–Crippen LogP) is 4.49. The van der Waals surface area contributed by atoms with Crippen LogP contribution < -0.4 is 0 Å². The van der Waals surface area contributed by atoms with Crippen molar-refractivity contribution < 1.29 is 13.9 Å². The zero-order valence-corrected chi connectivity index (χ0v) is 14.9. The van der Waals surface area contributed by atoms with E-state index in [1.54, 1.807) is 12.1 Å². The molecule has 2 fully saturated rings. The maximum atomic E-state index is 13.7. The molecule has 2 nitrogen and oxygen atoms in total. The van der Waals surface area contributed by atoms with E-state index >= 15 is 0 Å². The Morgan fingerprint density at radius 3 is 2.71 bits per heavy atom. The molecule has 0 aromatic heterocycles. The topological polar surface area (TPSA) is 18.5 Å². The number of hydrogen-bond acceptors (Lipinski definition) is 2. The summed E-state index contributed by atoms with van der Waals surface area (Å²) in [5.74, 6) is 0.264. The standard InChI is InChI=1S/C17H22FIO2/c1-11(2)17-9-15(16(3,21-17)8-14(17)19)20-10-12-6-4-5-7-13(12)18/h4-7,11,14-15H,8-10H2,1-3H3/t14-,15+,16-,17+/m0/s1. The van der Waals surface area contributed by atoms with Crippen LogP contribution in [0.5, 0.6) is 0 Å². The van der Waals surface area contributed by atoms with E-state index in [0.717, 1.165) is 12.8 Å². The first kappa shape index (κ1) is 15.7. The predicted molar refractivity (Wildman–Crippen MR) is 89.1 cm³/mol. The molecule has 1 aromatic carbocycles. The smallest absolute Gasteiger partial charge is 0.128 e. The Morgan fingerprint density at radius 1 is 1.38 bits per heavy atom. The molecule has 4 atom stereocenters. The lowest BCUT2D eigenvalue weighted by atomic mass is 9.75. The highest BCUT2D eigenvalue weighted by molar-refractivity contribution is 14.1. The Hall–Kier alpha value is -0.200. The molecule has 2 saturated heterocycles. The number of ether oxygens (including phenoxy) is 2. The second-order valence-corrected chi connectivity index (χ2v) is 8.29. The summed E-state index contributed by atoms with van der Waals surface area (Å²) in [6.07, 6.45) is 1.96. The summed E-state index contributed by atoms with van der Waals surface area (Å²) in [4.78, 5) is 0. The fraction of sp³-hybridized carbons (Fsp3) is 0.647. The fourth-order valence-corrected chi connectivity index (χ4v) is 5.67. The van der Waals surface area contributed by atoms with E-state index in [4.69, 9.17) is 9.47 Å². The molecule has 2 heterocycles. The lowest BCUT2D eigenvalue weighted by molar-refractivity contribution is -0.0956. The maximum absolute atomic E-state index is 13.7. The van der Waals surface area contributed by atoms with E-state index in [1.807, 2.05) is 6.07 Å². The highest BCUT2D eigenvalue weighted by Crippen LogP contribution is 2.57. The first-order chi connectivity index (χ1) is 9.87. The van der Waals surface area contributed by atoms with Crippen LogP contribution in [0.25, 0.3) is 0 Å². The lowest BCUT2D eigenvalue weighted by Gasteiger charge is -2.35. The van der Waals surface area contributed by atoms with E-state index in [9.17, 15) is 4.39 Å². The molecule has 116 valence electrons. The van der Waals surface area contributed by atoms with Gasteiger partial charge in [-0.15, -0.1) is 0 Å². The van der Waals surface area contributed by atoms with Crippen LogP contribution in [0.4, 0.5) is 4.39 Å². The summed E-state index contributed by atoms with van der Waals surface area (Å²) in [5.41, 5.74) is 0.296. The van der Waals surface area contributed by atoms with Gasteiger partial charge in [-0.1, -0.05) is 54.6 Å². The van der Waals surface area contributed by atoms with Gasteiger partial charge in [0.25, 0.3) is 0 Å². The minimum absolute atomic E-state index is 0.0468. The number of hydrogen-bond donors (Lipinski definition) is 0. The third-order valence-electron chi connectivity index (χ3n) is 5.10. The van der Waals surface area contributed by atoms with Crippen molar-refractivity contribution in [3.05, 3.63) is 35.6 Å². The molecule has 3 rings (SSSR count). The molecule has 2 bridgehead atoms. The van der Waals surface area contributed by atoms with Gasteiger partial charge in [0, 0.05) is 15.9 Å². The Bertz CT molecular complexity index is 535. The SMILES string of the molecule is CC(C)[C@]12C[C@@H](OCc3ccccc3F)[C@](C)(C[C@@H]1I)O2. The molecular weight excluding hydrogens is 382 g/mol. The van der Waals surface area contributed by atoms with E-state index in [-0.39, 0.29) is 23.1 Å². The Labute approximate surface area is 139 Å². The minimum Gasteiger partial charge on any atom is -0.370 e. The van der Waals surface area contributed by atoms with Crippen LogP contribution in [0.2, 0.25) is 0 Å². The van der Waals surface area contributed by atoms with Crippen molar-refractivity contribution in [3.8, 4) is 0 Å². The van der Waals surface area contributed by atoms with Crippen LogP contribution in [0, 0.1) is 11.7 Å².